The molecule has 1 aliphatic rings. The summed E-state index contributed by atoms with van der Waals surface area (Å²) in [6, 6.07) is 12.5. The van der Waals surface area contributed by atoms with Gasteiger partial charge in [0.1, 0.15) is 5.56 Å². The average Bonchev–Trinajstić information content (AvgIpc) is 3.02. The molecule has 0 aliphatic carbocycles. The molecule has 4 rings (SSSR count). The van der Waals surface area contributed by atoms with Crippen molar-refractivity contribution in [2.45, 2.75) is 27.7 Å². The molecule has 162 valence electrons. The highest BCUT2D eigenvalue weighted by molar-refractivity contribution is 6.32. The lowest BCUT2D eigenvalue weighted by atomic mass is 10.1. The summed E-state index contributed by atoms with van der Waals surface area (Å²) in [5.74, 6) is -0.982. The number of carbonyl (C=O) groups excluding carboxylic acids is 1. The number of H-pyrrole nitrogens is 1. The summed E-state index contributed by atoms with van der Waals surface area (Å²) in [5.41, 5.74) is 2.62. The summed E-state index contributed by atoms with van der Waals surface area (Å²) in [5, 5.41) is 16.4. The van der Waals surface area contributed by atoms with E-state index in [2.05, 4.69) is 10.1 Å². The predicted octanol–water partition coefficient (Wildman–Crippen LogP) is 2.96. The van der Waals surface area contributed by atoms with Crippen molar-refractivity contribution < 1.29 is 9.90 Å². The number of hydrogen-bond donors (Lipinski definition) is 2. The molecule has 1 aliphatic heterocycles. The van der Waals surface area contributed by atoms with Crippen LogP contribution in [0.25, 0.3) is 11.8 Å². The van der Waals surface area contributed by atoms with Crippen molar-refractivity contribution >= 4 is 23.4 Å². The fraction of sp³-hybridized carbons (Fsp3) is 0.167. The van der Waals surface area contributed by atoms with E-state index in [4.69, 9.17) is 0 Å². The number of hydrazone groups is 1. The number of benzene rings is 2. The van der Waals surface area contributed by atoms with E-state index in [1.807, 2.05) is 26.0 Å². The SMILES string of the molecule is CC1=NN(c2ccc(C)c(C)c2)C(=O)/C1=C\c1c(O)n(-c2ccccc2C)c(=O)[nH]c1=O. The van der Waals surface area contributed by atoms with E-state index in [1.54, 1.807) is 44.2 Å². The number of rotatable bonds is 3. The number of aryl methyl sites for hydroxylation is 3. The number of aromatic nitrogens is 2. The fourth-order valence-corrected chi connectivity index (χ4v) is 3.57. The summed E-state index contributed by atoms with van der Waals surface area (Å²) in [6.45, 7) is 7.35. The highest BCUT2D eigenvalue weighted by atomic mass is 16.3. The Kier molecular flexibility index (Phi) is 5.14. The molecule has 0 atom stereocenters. The molecule has 3 aromatic rings. The zero-order chi connectivity index (χ0) is 23.2. The Bertz CT molecular complexity index is 1440. The van der Waals surface area contributed by atoms with Gasteiger partial charge in [0.25, 0.3) is 11.5 Å². The van der Waals surface area contributed by atoms with Gasteiger partial charge in [-0.15, -0.1) is 0 Å². The lowest BCUT2D eigenvalue weighted by Gasteiger charge is -2.14. The first kappa shape index (κ1) is 21.0. The molecule has 2 heterocycles. The number of nitrogens with one attached hydrogen (secondary N) is 1. The Morgan fingerprint density at radius 2 is 1.66 bits per heavy atom. The maximum atomic E-state index is 13.1. The topological polar surface area (TPSA) is 108 Å². The van der Waals surface area contributed by atoms with Crippen LogP contribution in [0.4, 0.5) is 5.69 Å². The summed E-state index contributed by atoms with van der Waals surface area (Å²) >= 11 is 0. The lowest BCUT2D eigenvalue weighted by molar-refractivity contribution is -0.114. The largest absolute Gasteiger partial charge is 0.494 e. The molecule has 2 aromatic carbocycles. The molecule has 1 amide bonds. The predicted molar refractivity (Wildman–Crippen MR) is 124 cm³/mol. The van der Waals surface area contributed by atoms with Crippen LogP contribution in [0.15, 0.2) is 62.7 Å². The van der Waals surface area contributed by atoms with Crippen molar-refractivity contribution in [3.8, 4) is 11.6 Å². The maximum absolute atomic E-state index is 13.1. The third kappa shape index (κ3) is 3.45. The maximum Gasteiger partial charge on any atom is 0.335 e. The number of carbonyl (C=O) groups is 1. The summed E-state index contributed by atoms with van der Waals surface area (Å²) < 4.78 is 1.01. The Hall–Kier alpha value is -4.20. The van der Waals surface area contributed by atoms with Gasteiger partial charge in [-0.2, -0.15) is 10.1 Å². The first-order valence-electron chi connectivity index (χ1n) is 10.0. The first-order chi connectivity index (χ1) is 15.2. The zero-order valence-corrected chi connectivity index (χ0v) is 18.1. The average molecular weight is 430 g/mol. The third-order valence-corrected chi connectivity index (χ3v) is 5.56. The summed E-state index contributed by atoms with van der Waals surface area (Å²) in [4.78, 5) is 40.3. The number of anilines is 1. The van der Waals surface area contributed by atoms with Crippen LogP contribution in [0.3, 0.4) is 0 Å². The minimum absolute atomic E-state index is 0.152. The Labute approximate surface area is 183 Å². The van der Waals surface area contributed by atoms with Crippen molar-refractivity contribution in [1.82, 2.24) is 9.55 Å². The van der Waals surface area contributed by atoms with E-state index in [0.29, 0.717) is 17.1 Å². The van der Waals surface area contributed by atoms with Gasteiger partial charge in [0.2, 0.25) is 5.88 Å². The quantitative estimate of drug-likeness (QED) is 0.623. The number of aromatic amines is 1. The Balaban J connectivity index is 1.83. The van der Waals surface area contributed by atoms with E-state index in [0.717, 1.165) is 21.3 Å². The second-order valence-corrected chi connectivity index (χ2v) is 7.75. The molecule has 0 saturated carbocycles. The van der Waals surface area contributed by atoms with Gasteiger partial charge in [0.05, 0.1) is 22.7 Å². The van der Waals surface area contributed by atoms with E-state index in [-0.39, 0.29) is 11.1 Å². The van der Waals surface area contributed by atoms with E-state index in [9.17, 15) is 19.5 Å². The number of aromatic hydroxyl groups is 1. The van der Waals surface area contributed by atoms with E-state index in [1.165, 1.54) is 11.1 Å². The molecule has 32 heavy (non-hydrogen) atoms. The lowest BCUT2D eigenvalue weighted by Crippen LogP contribution is -2.31. The number of nitrogens with zero attached hydrogens (tertiary/aromatic N) is 3. The van der Waals surface area contributed by atoms with Crippen molar-refractivity contribution in [2.75, 3.05) is 5.01 Å². The molecule has 0 unspecified atom stereocenters. The van der Waals surface area contributed by atoms with Gasteiger partial charge in [-0.05, 0) is 68.7 Å². The number of amides is 1. The van der Waals surface area contributed by atoms with Crippen molar-refractivity contribution in [2.24, 2.45) is 5.10 Å². The molecule has 2 N–H and O–H groups in total. The standard InChI is InChI=1S/C24H22N4O4/c1-13-9-10-17(11-15(13)3)28-23(31)18(16(4)26-28)12-19-21(29)25-24(32)27(22(19)30)20-8-6-5-7-14(20)2/h5-12,30H,1-4H3,(H,25,29,32)/b18-12-. The van der Waals surface area contributed by atoms with Crippen molar-refractivity contribution in [3.05, 3.63) is 91.1 Å². The van der Waals surface area contributed by atoms with Gasteiger partial charge in [0, 0.05) is 0 Å². The fourth-order valence-electron chi connectivity index (χ4n) is 3.57. The highest BCUT2D eigenvalue weighted by Gasteiger charge is 2.30. The molecular formula is C24H22N4O4. The molecule has 0 radical (unpaired) electrons. The number of para-hydroxylation sites is 1. The normalized spacial score (nSPS) is 14.9. The van der Waals surface area contributed by atoms with Crippen LogP contribution in [-0.2, 0) is 4.79 Å². The van der Waals surface area contributed by atoms with Gasteiger partial charge in [-0.25, -0.2) is 9.36 Å². The summed E-state index contributed by atoms with van der Waals surface area (Å²) in [6.07, 6.45) is 1.27. The van der Waals surface area contributed by atoms with Gasteiger partial charge < -0.3 is 5.11 Å². The monoisotopic (exact) mass is 430 g/mol. The second-order valence-electron chi connectivity index (χ2n) is 7.75. The molecular weight excluding hydrogens is 408 g/mol. The minimum Gasteiger partial charge on any atom is -0.494 e. The van der Waals surface area contributed by atoms with Crippen molar-refractivity contribution in [1.29, 1.82) is 0 Å². The molecule has 0 saturated heterocycles. The third-order valence-electron chi connectivity index (χ3n) is 5.56. The van der Waals surface area contributed by atoms with Crippen LogP contribution >= 0.6 is 0 Å². The zero-order valence-electron chi connectivity index (χ0n) is 18.1. The van der Waals surface area contributed by atoms with E-state index < -0.39 is 23.0 Å². The van der Waals surface area contributed by atoms with Crippen LogP contribution in [0.2, 0.25) is 0 Å². The molecule has 8 heteroatoms. The van der Waals surface area contributed by atoms with Crippen molar-refractivity contribution in [3.63, 3.8) is 0 Å². The molecule has 8 nitrogen and oxygen atoms in total. The van der Waals surface area contributed by atoms with Gasteiger partial charge in [-0.1, -0.05) is 24.3 Å². The van der Waals surface area contributed by atoms with Gasteiger partial charge in [0.15, 0.2) is 0 Å². The molecule has 1 aromatic heterocycles. The van der Waals surface area contributed by atoms with Crippen LogP contribution in [-0.4, -0.2) is 26.3 Å². The van der Waals surface area contributed by atoms with Crippen LogP contribution in [0.1, 0.15) is 29.2 Å². The first-order valence-corrected chi connectivity index (χ1v) is 10.0. The van der Waals surface area contributed by atoms with Crippen LogP contribution in [0, 0.1) is 20.8 Å². The minimum atomic E-state index is -0.796. The van der Waals surface area contributed by atoms with Gasteiger partial charge in [-0.3, -0.25) is 14.6 Å². The molecule has 0 spiro atoms. The smallest absolute Gasteiger partial charge is 0.335 e. The van der Waals surface area contributed by atoms with Crippen LogP contribution in [0.5, 0.6) is 5.88 Å². The Morgan fingerprint density at radius 1 is 0.938 bits per heavy atom. The molecule has 0 bridgehead atoms. The highest BCUT2D eigenvalue weighted by Crippen LogP contribution is 2.28. The number of hydrogen-bond acceptors (Lipinski definition) is 5. The van der Waals surface area contributed by atoms with Crippen LogP contribution < -0.4 is 16.3 Å². The Morgan fingerprint density at radius 3 is 2.34 bits per heavy atom. The summed E-state index contributed by atoms with van der Waals surface area (Å²) in [7, 11) is 0. The molecule has 0 fully saturated rings. The van der Waals surface area contributed by atoms with Gasteiger partial charge >= 0.3 is 5.69 Å². The van der Waals surface area contributed by atoms with E-state index >= 15 is 0 Å². The second kappa shape index (κ2) is 7.81.